The van der Waals surface area contributed by atoms with Gasteiger partial charge in [0.25, 0.3) is 5.58 Å². The Morgan fingerprint density at radius 3 is 2.86 bits per heavy atom. The van der Waals surface area contributed by atoms with Crippen molar-refractivity contribution in [2.75, 3.05) is 0 Å². The van der Waals surface area contributed by atoms with Crippen molar-refractivity contribution in [3.8, 4) is 0 Å². The third-order valence-corrected chi connectivity index (χ3v) is 1.00. The van der Waals surface area contributed by atoms with Gasteiger partial charge in [-0.25, -0.2) is 0 Å². The minimum Gasteiger partial charge on any atom is -0.265 e. The van der Waals surface area contributed by atoms with Crippen LogP contribution in [0, 0.1) is 0 Å². The van der Waals surface area contributed by atoms with Gasteiger partial charge in [0.1, 0.15) is 6.07 Å². The van der Waals surface area contributed by atoms with Crippen molar-refractivity contribution in [1.82, 2.24) is 0 Å². The number of hydrogen-bond donors (Lipinski definition) is 0. The lowest BCUT2D eigenvalue weighted by Gasteiger charge is -1.59. The normalized spacial score (nSPS) is 8.57. The maximum atomic E-state index is 10.1. The lowest BCUT2D eigenvalue weighted by molar-refractivity contribution is 0.524. The maximum Gasteiger partial charge on any atom is 0.607 e. The summed E-state index contributed by atoms with van der Waals surface area (Å²) in [4.78, 5) is 10.1. The molecule has 1 rings (SSSR count). The Balaban J connectivity index is 3.28. The largest absolute Gasteiger partial charge is 0.607 e. The fourth-order valence-corrected chi connectivity index (χ4v) is 0.646. The van der Waals surface area contributed by atoms with E-state index in [0.717, 1.165) is 0 Å². The predicted octanol–water partition coefficient (Wildman–Crippen LogP) is 0.982. The summed E-state index contributed by atoms with van der Waals surface area (Å²) >= 11 is 1.35. The summed E-state index contributed by atoms with van der Waals surface area (Å²) in [6.07, 6.45) is 0. The third-order valence-electron chi connectivity index (χ3n) is 0.503. The molecule has 1 aromatic rings. The van der Waals surface area contributed by atoms with Crippen molar-refractivity contribution in [3.63, 3.8) is 0 Å². The van der Waals surface area contributed by atoms with Gasteiger partial charge in [-0.2, -0.15) is 0 Å². The van der Waals surface area contributed by atoms with Crippen LogP contribution < -0.4 is 5.63 Å². The molecule has 2 nitrogen and oxygen atoms in total. The summed E-state index contributed by atoms with van der Waals surface area (Å²) in [5.41, 5.74) is 1.10. The highest BCUT2D eigenvalue weighted by atomic mass is 32.1. The first-order chi connectivity index (χ1) is 3.39. The summed E-state index contributed by atoms with van der Waals surface area (Å²) in [5, 5.41) is 1.67. The van der Waals surface area contributed by atoms with Crippen molar-refractivity contribution in [2.45, 2.75) is 0 Å². The van der Waals surface area contributed by atoms with Crippen molar-refractivity contribution >= 4 is 11.3 Å². The van der Waals surface area contributed by atoms with Crippen LogP contribution in [-0.4, -0.2) is 0 Å². The Morgan fingerprint density at radius 1 is 1.71 bits per heavy atom. The molecule has 0 fully saturated rings. The molecule has 0 N–H and O–H groups in total. The van der Waals surface area contributed by atoms with Gasteiger partial charge in [-0.15, -0.1) is 0 Å². The Kier molecular flexibility index (Phi) is 1.17. The second-order valence-corrected chi connectivity index (χ2v) is 1.71. The Hall–Kier alpha value is -0.700. The molecule has 1 aromatic heterocycles. The molecule has 0 aromatic carbocycles. The predicted molar refractivity (Wildman–Crippen MR) is 27.3 cm³/mol. The zero-order valence-electron chi connectivity index (χ0n) is 3.46. The fraction of sp³-hybridized carbons (Fsp3) is 0. The molecule has 0 radical (unpaired) electrons. The molecule has 1 heterocycles. The van der Waals surface area contributed by atoms with E-state index in [-0.39, 0.29) is 5.63 Å². The molecule has 0 saturated carbocycles. The maximum absolute atomic E-state index is 10.1. The monoisotopic (exact) mass is 115 g/mol. The van der Waals surface area contributed by atoms with E-state index in [2.05, 4.69) is 4.42 Å². The zero-order valence-corrected chi connectivity index (χ0v) is 4.27. The molecular weight excluding hydrogens is 112 g/mol. The van der Waals surface area contributed by atoms with Crippen molar-refractivity contribution < 1.29 is 4.42 Å². The highest BCUT2D eigenvalue weighted by molar-refractivity contribution is 7.07. The van der Waals surface area contributed by atoms with Crippen molar-refractivity contribution in [1.29, 1.82) is 0 Å². The first kappa shape index (κ1) is 4.46. The standard InChI is InChI=1S/C4H3O2S/c5-4-1-2-7-3-6-4/h1-3H/q+1. The number of rotatable bonds is 0. The highest BCUT2D eigenvalue weighted by Crippen LogP contribution is 1.85. The molecular formula is C4H3O2S+. The van der Waals surface area contributed by atoms with Crippen LogP contribution in [0.5, 0.6) is 0 Å². The van der Waals surface area contributed by atoms with E-state index in [4.69, 9.17) is 0 Å². The molecule has 0 aliphatic heterocycles. The summed E-state index contributed by atoms with van der Waals surface area (Å²) in [6, 6.07) is 1.38. The molecule has 0 amide bonds. The van der Waals surface area contributed by atoms with E-state index in [0.29, 0.717) is 0 Å². The molecule has 7 heavy (non-hydrogen) atoms. The first-order valence-electron chi connectivity index (χ1n) is 1.74. The minimum absolute atomic E-state index is 0.293. The third kappa shape index (κ3) is 1.08. The molecule has 36 valence electrons. The smallest absolute Gasteiger partial charge is 0.265 e. The van der Waals surface area contributed by atoms with Gasteiger partial charge in [-0.1, -0.05) is 11.3 Å². The van der Waals surface area contributed by atoms with Gasteiger partial charge >= 0.3 is 5.63 Å². The van der Waals surface area contributed by atoms with Crippen LogP contribution >= 0.6 is 11.3 Å². The molecule has 0 aliphatic rings. The van der Waals surface area contributed by atoms with Crippen LogP contribution in [0.1, 0.15) is 0 Å². The summed E-state index contributed by atoms with van der Waals surface area (Å²) < 4.78 is 4.39. The van der Waals surface area contributed by atoms with Gasteiger partial charge in [0, 0.05) is 5.38 Å². The van der Waals surface area contributed by atoms with Gasteiger partial charge in [-0.3, -0.25) is 4.42 Å². The first-order valence-corrected chi connectivity index (χ1v) is 2.68. The molecule has 0 atom stereocenters. The molecule has 0 bridgehead atoms. The van der Waals surface area contributed by atoms with E-state index in [1.807, 2.05) is 0 Å². The minimum atomic E-state index is -0.293. The van der Waals surface area contributed by atoms with Crippen LogP contribution in [0.15, 0.2) is 26.2 Å². The van der Waals surface area contributed by atoms with Gasteiger partial charge < -0.3 is 0 Å². The van der Waals surface area contributed by atoms with E-state index < -0.39 is 0 Å². The summed E-state index contributed by atoms with van der Waals surface area (Å²) in [6.45, 7) is 0. The molecule has 0 spiro atoms. The Labute approximate surface area is 44.0 Å². The zero-order chi connectivity index (χ0) is 5.11. The quantitative estimate of drug-likeness (QED) is 0.471. The fourth-order valence-electron chi connectivity index (χ4n) is 0.241. The average Bonchev–Trinajstić information content (AvgIpc) is 1.69. The van der Waals surface area contributed by atoms with Gasteiger partial charge in [0.05, 0.1) is 4.79 Å². The number of hydrogen-bond acceptors (Lipinski definition) is 2. The van der Waals surface area contributed by atoms with Crippen LogP contribution in [0.3, 0.4) is 0 Å². The van der Waals surface area contributed by atoms with E-state index in [1.54, 1.807) is 5.38 Å². The SMILES string of the molecule is O=c1ccsc[o+]1. The molecule has 0 aliphatic carbocycles. The van der Waals surface area contributed by atoms with Gasteiger partial charge in [0.2, 0.25) is 0 Å². The van der Waals surface area contributed by atoms with Gasteiger partial charge in [-0.05, 0) is 0 Å². The van der Waals surface area contributed by atoms with Gasteiger partial charge in [0.15, 0.2) is 0 Å². The highest BCUT2D eigenvalue weighted by Gasteiger charge is 1.89. The van der Waals surface area contributed by atoms with Crippen LogP contribution in [0.2, 0.25) is 0 Å². The lowest BCUT2D eigenvalue weighted by atomic mass is 10.8. The molecule has 0 saturated heterocycles. The second kappa shape index (κ2) is 1.84. The summed E-state index contributed by atoms with van der Waals surface area (Å²) in [5.74, 6) is 0. The van der Waals surface area contributed by atoms with Crippen LogP contribution in [-0.2, 0) is 0 Å². The van der Waals surface area contributed by atoms with E-state index in [1.165, 1.54) is 23.0 Å². The second-order valence-electron chi connectivity index (χ2n) is 0.972. The Bertz CT molecular complexity index is 175. The topological polar surface area (TPSA) is 28.4 Å². The Morgan fingerprint density at radius 2 is 2.57 bits per heavy atom. The summed E-state index contributed by atoms with van der Waals surface area (Å²) in [7, 11) is 0. The molecule has 3 heteroatoms. The lowest BCUT2D eigenvalue weighted by Crippen LogP contribution is -1.89. The van der Waals surface area contributed by atoms with E-state index >= 15 is 0 Å². The van der Waals surface area contributed by atoms with Crippen LogP contribution in [0.25, 0.3) is 0 Å². The van der Waals surface area contributed by atoms with Crippen LogP contribution in [0.4, 0.5) is 0 Å². The molecule has 0 unspecified atom stereocenters. The average molecular weight is 115 g/mol. The van der Waals surface area contributed by atoms with Crippen molar-refractivity contribution in [3.05, 3.63) is 27.4 Å². The van der Waals surface area contributed by atoms with Crippen molar-refractivity contribution in [2.24, 2.45) is 0 Å². The van der Waals surface area contributed by atoms with E-state index in [9.17, 15) is 4.79 Å².